The van der Waals surface area contributed by atoms with E-state index < -0.39 is 0 Å². The van der Waals surface area contributed by atoms with Gasteiger partial charge in [0.2, 0.25) is 5.91 Å². The number of rotatable bonds is 1. The Kier molecular flexibility index (Phi) is 3.01. The Hall–Kier alpha value is -1.84. The first-order chi connectivity index (χ1) is 9.13. The lowest BCUT2D eigenvalue weighted by Gasteiger charge is -2.30. The van der Waals surface area contributed by atoms with Crippen molar-refractivity contribution in [3.8, 4) is 0 Å². The number of imidazole rings is 1. The van der Waals surface area contributed by atoms with Gasteiger partial charge in [-0.25, -0.2) is 4.98 Å². The van der Waals surface area contributed by atoms with Gasteiger partial charge in [0.25, 0.3) is 0 Å². The number of aromatic nitrogens is 2. The van der Waals surface area contributed by atoms with Crippen LogP contribution in [0, 0.1) is 6.92 Å². The second kappa shape index (κ2) is 4.68. The maximum Gasteiger partial charge on any atom is 0.219 e. The fraction of sp³-hybridized carbons (Fsp3) is 0.467. The summed E-state index contributed by atoms with van der Waals surface area (Å²) in [6.07, 6.45) is 2.16. The van der Waals surface area contributed by atoms with Crippen molar-refractivity contribution in [3.63, 3.8) is 0 Å². The van der Waals surface area contributed by atoms with Crippen molar-refractivity contribution in [1.82, 2.24) is 14.9 Å². The van der Waals surface area contributed by atoms with E-state index in [9.17, 15) is 4.79 Å². The minimum absolute atomic E-state index is 0.164. The molecule has 0 radical (unpaired) electrons. The molecule has 2 aromatic rings. The van der Waals surface area contributed by atoms with Crippen molar-refractivity contribution < 1.29 is 4.79 Å². The minimum atomic E-state index is 0.164. The number of nitrogens with zero attached hydrogens (tertiary/aromatic N) is 2. The van der Waals surface area contributed by atoms with Crippen LogP contribution in [0.1, 0.15) is 37.1 Å². The van der Waals surface area contributed by atoms with Crippen LogP contribution in [0.2, 0.25) is 0 Å². The van der Waals surface area contributed by atoms with E-state index >= 15 is 0 Å². The lowest BCUT2D eigenvalue weighted by Crippen LogP contribution is -2.37. The van der Waals surface area contributed by atoms with Crippen molar-refractivity contribution in [2.75, 3.05) is 13.1 Å². The molecular weight excluding hydrogens is 238 g/mol. The standard InChI is InChI=1S/C15H19N3O/c1-10-5-6-13-14(8-10)17-15(16-13)12-4-3-7-18(9-12)11(2)19/h5-6,8,12H,3-4,7,9H2,1-2H3,(H,16,17). The van der Waals surface area contributed by atoms with Crippen LogP contribution in [-0.2, 0) is 4.79 Å². The Morgan fingerprint density at radius 2 is 2.32 bits per heavy atom. The molecule has 1 fully saturated rings. The van der Waals surface area contributed by atoms with Crippen LogP contribution >= 0.6 is 0 Å². The lowest BCUT2D eigenvalue weighted by atomic mass is 9.97. The predicted molar refractivity (Wildman–Crippen MR) is 75.1 cm³/mol. The highest BCUT2D eigenvalue weighted by Gasteiger charge is 2.25. The number of hydrogen-bond acceptors (Lipinski definition) is 2. The van der Waals surface area contributed by atoms with Crippen LogP contribution < -0.4 is 0 Å². The molecule has 0 spiro atoms. The van der Waals surface area contributed by atoms with Crippen molar-refractivity contribution in [3.05, 3.63) is 29.6 Å². The van der Waals surface area contributed by atoms with Crippen LogP contribution in [0.3, 0.4) is 0 Å². The van der Waals surface area contributed by atoms with E-state index in [-0.39, 0.29) is 5.91 Å². The van der Waals surface area contributed by atoms with E-state index in [1.807, 2.05) is 4.90 Å². The smallest absolute Gasteiger partial charge is 0.219 e. The topological polar surface area (TPSA) is 49.0 Å². The van der Waals surface area contributed by atoms with E-state index in [0.717, 1.165) is 42.8 Å². The zero-order valence-electron chi connectivity index (χ0n) is 11.4. The second-order valence-corrected chi connectivity index (χ2v) is 5.45. The zero-order chi connectivity index (χ0) is 13.4. The van der Waals surface area contributed by atoms with Gasteiger partial charge in [0.05, 0.1) is 11.0 Å². The fourth-order valence-corrected chi connectivity index (χ4v) is 2.82. The van der Waals surface area contributed by atoms with Crippen molar-refractivity contribution in [1.29, 1.82) is 0 Å². The Morgan fingerprint density at radius 3 is 3.11 bits per heavy atom. The van der Waals surface area contributed by atoms with Crippen molar-refractivity contribution >= 4 is 16.9 Å². The molecule has 1 atom stereocenters. The molecule has 2 heterocycles. The molecule has 1 aliphatic rings. The van der Waals surface area contributed by atoms with Crippen LogP contribution in [0.15, 0.2) is 18.2 Å². The summed E-state index contributed by atoms with van der Waals surface area (Å²) in [5, 5.41) is 0. The molecule has 1 amide bonds. The maximum absolute atomic E-state index is 11.5. The highest BCUT2D eigenvalue weighted by atomic mass is 16.2. The van der Waals surface area contributed by atoms with E-state index in [0.29, 0.717) is 5.92 Å². The van der Waals surface area contributed by atoms with Crippen molar-refractivity contribution in [2.45, 2.75) is 32.6 Å². The number of aryl methyl sites for hydroxylation is 1. The van der Waals surface area contributed by atoms with Gasteiger partial charge in [-0.15, -0.1) is 0 Å². The molecule has 4 heteroatoms. The predicted octanol–water partition coefficient (Wildman–Crippen LogP) is 2.60. The molecule has 1 unspecified atom stereocenters. The minimum Gasteiger partial charge on any atom is -0.342 e. The zero-order valence-corrected chi connectivity index (χ0v) is 11.4. The number of hydrogen-bond donors (Lipinski definition) is 1. The molecule has 1 saturated heterocycles. The summed E-state index contributed by atoms with van der Waals surface area (Å²) in [6.45, 7) is 5.39. The maximum atomic E-state index is 11.5. The van der Waals surface area contributed by atoms with E-state index in [1.54, 1.807) is 6.92 Å². The molecule has 1 aliphatic heterocycles. The number of nitrogens with one attached hydrogen (secondary N) is 1. The molecule has 0 saturated carbocycles. The first-order valence-corrected chi connectivity index (χ1v) is 6.85. The molecular formula is C15H19N3O. The van der Waals surface area contributed by atoms with E-state index in [4.69, 9.17) is 0 Å². The molecule has 3 rings (SSSR count). The number of H-pyrrole nitrogens is 1. The first-order valence-electron chi connectivity index (χ1n) is 6.85. The average molecular weight is 257 g/mol. The number of amides is 1. The Morgan fingerprint density at radius 1 is 1.47 bits per heavy atom. The summed E-state index contributed by atoms with van der Waals surface area (Å²) >= 11 is 0. The molecule has 19 heavy (non-hydrogen) atoms. The van der Waals surface area contributed by atoms with Gasteiger partial charge in [-0.2, -0.15) is 0 Å². The first kappa shape index (κ1) is 12.2. The summed E-state index contributed by atoms with van der Waals surface area (Å²) in [5.41, 5.74) is 3.34. The summed E-state index contributed by atoms with van der Waals surface area (Å²) in [4.78, 5) is 21.5. The summed E-state index contributed by atoms with van der Waals surface area (Å²) < 4.78 is 0. The molecule has 4 nitrogen and oxygen atoms in total. The molecule has 0 bridgehead atoms. The van der Waals surface area contributed by atoms with Gasteiger partial charge < -0.3 is 9.88 Å². The van der Waals surface area contributed by atoms with Crippen molar-refractivity contribution in [2.24, 2.45) is 0 Å². The van der Waals surface area contributed by atoms with Crippen LogP contribution in [0.25, 0.3) is 11.0 Å². The Labute approximate surface area is 112 Å². The van der Waals surface area contributed by atoms with Gasteiger partial charge in [-0.3, -0.25) is 4.79 Å². The lowest BCUT2D eigenvalue weighted by molar-refractivity contribution is -0.130. The number of carbonyl (C=O) groups is 1. The van der Waals surface area contributed by atoms with Gasteiger partial charge in [0, 0.05) is 25.9 Å². The third-order valence-electron chi connectivity index (χ3n) is 3.91. The number of likely N-dealkylation sites (tertiary alicyclic amines) is 1. The van der Waals surface area contributed by atoms with Gasteiger partial charge in [0.15, 0.2) is 0 Å². The summed E-state index contributed by atoms with van der Waals surface area (Å²) in [5.74, 6) is 1.52. The number of aromatic amines is 1. The Balaban J connectivity index is 1.89. The molecule has 100 valence electrons. The molecule has 1 aromatic carbocycles. The van der Waals surface area contributed by atoms with Crippen LogP contribution in [-0.4, -0.2) is 33.9 Å². The highest BCUT2D eigenvalue weighted by molar-refractivity contribution is 5.76. The largest absolute Gasteiger partial charge is 0.342 e. The summed E-state index contributed by atoms with van der Waals surface area (Å²) in [6, 6.07) is 6.25. The number of fused-ring (bicyclic) bond motifs is 1. The van der Waals surface area contributed by atoms with Gasteiger partial charge >= 0.3 is 0 Å². The van der Waals surface area contributed by atoms with Crippen LogP contribution in [0.5, 0.6) is 0 Å². The number of benzene rings is 1. The SMILES string of the molecule is CC(=O)N1CCCC(c2nc3ccc(C)cc3[nH]2)C1. The third-order valence-corrected chi connectivity index (χ3v) is 3.91. The second-order valence-electron chi connectivity index (χ2n) is 5.45. The average Bonchev–Trinajstić information content (AvgIpc) is 2.81. The normalized spacial score (nSPS) is 19.9. The highest BCUT2D eigenvalue weighted by Crippen LogP contribution is 2.27. The van der Waals surface area contributed by atoms with Gasteiger partial charge in [-0.1, -0.05) is 6.07 Å². The molecule has 1 aromatic heterocycles. The number of carbonyl (C=O) groups excluding carboxylic acids is 1. The Bertz CT molecular complexity index is 617. The quantitative estimate of drug-likeness (QED) is 0.853. The fourth-order valence-electron chi connectivity index (χ4n) is 2.82. The monoisotopic (exact) mass is 257 g/mol. The third kappa shape index (κ3) is 2.35. The molecule has 0 aliphatic carbocycles. The van der Waals surface area contributed by atoms with Gasteiger partial charge in [-0.05, 0) is 37.5 Å². The van der Waals surface area contributed by atoms with E-state index in [2.05, 4.69) is 35.1 Å². The number of piperidine rings is 1. The van der Waals surface area contributed by atoms with E-state index in [1.165, 1.54) is 5.56 Å². The van der Waals surface area contributed by atoms with Gasteiger partial charge in [0.1, 0.15) is 5.82 Å². The summed E-state index contributed by atoms with van der Waals surface area (Å²) in [7, 11) is 0. The van der Waals surface area contributed by atoms with Crippen LogP contribution in [0.4, 0.5) is 0 Å². The molecule has 1 N–H and O–H groups in total.